The SMILES string of the molecule is COC(=O)c1cc(-n2cc(C(F)(F)F)cn2)cc(C)c1N. The van der Waals surface area contributed by atoms with Crippen LogP contribution in [0.4, 0.5) is 18.9 Å². The van der Waals surface area contributed by atoms with Crippen LogP contribution in [0.5, 0.6) is 0 Å². The van der Waals surface area contributed by atoms with Gasteiger partial charge in [0.25, 0.3) is 0 Å². The lowest BCUT2D eigenvalue weighted by atomic mass is 10.1. The van der Waals surface area contributed by atoms with Gasteiger partial charge in [-0.3, -0.25) is 0 Å². The molecule has 2 aromatic rings. The molecule has 0 aliphatic rings. The number of carbonyl (C=O) groups is 1. The summed E-state index contributed by atoms with van der Waals surface area (Å²) in [5.74, 6) is -0.666. The number of benzene rings is 1. The Bertz CT molecular complexity index is 692. The molecule has 0 aliphatic heterocycles. The number of nitrogens with zero attached hydrogens (tertiary/aromatic N) is 2. The minimum atomic E-state index is -4.48. The molecule has 1 aromatic heterocycles. The molecule has 0 fully saturated rings. The number of methoxy groups -OCH3 is 1. The van der Waals surface area contributed by atoms with Crippen LogP contribution in [0.15, 0.2) is 24.5 Å². The zero-order valence-electron chi connectivity index (χ0n) is 11.2. The van der Waals surface area contributed by atoms with Gasteiger partial charge >= 0.3 is 12.1 Å². The zero-order valence-corrected chi connectivity index (χ0v) is 11.2. The van der Waals surface area contributed by atoms with Crippen molar-refractivity contribution in [2.75, 3.05) is 12.8 Å². The Hall–Kier alpha value is -2.51. The fraction of sp³-hybridized carbons (Fsp3) is 0.231. The quantitative estimate of drug-likeness (QED) is 0.683. The van der Waals surface area contributed by atoms with E-state index in [1.807, 2.05) is 0 Å². The maximum Gasteiger partial charge on any atom is 0.419 e. The van der Waals surface area contributed by atoms with Crippen molar-refractivity contribution < 1.29 is 22.7 Å². The molecule has 1 aromatic carbocycles. The lowest BCUT2D eigenvalue weighted by Gasteiger charge is -2.10. The van der Waals surface area contributed by atoms with E-state index in [1.165, 1.54) is 19.2 Å². The molecule has 0 spiro atoms. The summed E-state index contributed by atoms with van der Waals surface area (Å²) >= 11 is 0. The number of aryl methyl sites for hydroxylation is 1. The molecule has 0 bridgehead atoms. The Morgan fingerprint density at radius 3 is 2.57 bits per heavy atom. The van der Waals surface area contributed by atoms with Crippen LogP contribution in [0.2, 0.25) is 0 Å². The summed E-state index contributed by atoms with van der Waals surface area (Å²) in [5, 5.41) is 3.65. The van der Waals surface area contributed by atoms with Crippen molar-refractivity contribution in [3.8, 4) is 5.69 Å². The zero-order chi connectivity index (χ0) is 15.8. The molecule has 2 rings (SSSR count). The molecule has 21 heavy (non-hydrogen) atoms. The van der Waals surface area contributed by atoms with Crippen molar-refractivity contribution >= 4 is 11.7 Å². The molecule has 1 heterocycles. The van der Waals surface area contributed by atoms with Gasteiger partial charge in [0.05, 0.1) is 30.1 Å². The van der Waals surface area contributed by atoms with E-state index in [1.54, 1.807) is 6.92 Å². The van der Waals surface area contributed by atoms with E-state index < -0.39 is 17.7 Å². The monoisotopic (exact) mass is 299 g/mol. The average molecular weight is 299 g/mol. The predicted molar refractivity (Wildman–Crippen MR) is 69.1 cm³/mol. The number of anilines is 1. The first-order valence-electron chi connectivity index (χ1n) is 5.84. The van der Waals surface area contributed by atoms with Gasteiger partial charge in [-0.2, -0.15) is 18.3 Å². The molecule has 8 heteroatoms. The van der Waals surface area contributed by atoms with Gasteiger partial charge in [0.15, 0.2) is 0 Å². The van der Waals surface area contributed by atoms with E-state index >= 15 is 0 Å². The largest absolute Gasteiger partial charge is 0.465 e. The third-order valence-corrected chi connectivity index (χ3v) is 2.95. The highest BCUT2D eigenvalue weighted by Crippen LogP contribution is 2.30. The normalized spacial score (nSPS) is 11.5. The van der Waals surface area contributed by atoms with Crippen LogP contribution in [-0.4, -0.2) is 22.9 Å². The van der Waals surface area contributed by atoms with Crippen LogP contribution in [0.25, 0.3) is 5.69 Å². The second-order valence-corrected chi connectivity index (χ2v) is 4.39. The number of halogens is 3. The number of esters is 1. The fourth-order valence-electron chi connectivity index (χ4n) is 1.80. The molecular formula is C13H12F3N3O2. The number of nitrogen functional groups attached to an aromatic ring is 1. The van der Waals surface area contributed by atoms with Gasteiger partial charge in [-0.25, -0.2) is 9.48 Å². The van der Waals surface area contributed by atoms with Crippen molar-refractivity contribution in [3.05, 3.63) is 41.2 Å². The molecule has 0 atom stereocenters. The van der Waals surface area contributed by atoms with Gasteiger partial charge < -0.3 is 10.5 Å². The first-order valence-corrected chi connectivity index (χ1v) is 5.84. The summed E-state index contributed by atoms with van der Waals surface area (Å²) < 4.78 is 43.3. The molecule has 0 unspecified atom stereocenters. The summed E-state index contributed by atoms with van der Waals surface area (Å²) in [4.78, 5) is 11.6. The Balaban J connectivity index is 2.52. The van der Waals surface area contributed by atoms with Crippen molar-refractivity contribution in [1.82, 2.24) is 9.78 Å². The molecule has 2 N–H and O–H groups in total. The molecule has 5 nitrogen and oxygen atoms in total. The number of hydrogen-bond donors (Lipinski definition) is 1. The second kappa shape index (κ2) is 5.12. The average Bonchev–Trinajstić information content (AvgIpc) is 2.90. The molecular weight excluding hydrogens is 287 g/mol. The summed E-state index contributed by atoms with van der Waals surface area (Å²) in [7, 11) is 1.19. The third kappa shape index (κ3) is 2.83. The number of ether oxygens (including phenoxy) is 1. The Morgan fingerprint density at radius 1 is 1.38 bits per heavy atom. The molecule has 0 amide bonds. The molecule has 0 saturated heterocycles. The third-order valence-electron chi connectivity index (χ3n) is 2.95. The highest BCUT2D eigenvalue weighted by atomic mass is 19.4. The van der Waals surface area contributed by atoms with Crippen LogP contribution >= 0.6 is 0 Å². The first kappa shape index (κ1) is 14.9. The lowest BCUT2D eigenvalue weighted by molar-refractivity contribution is -0.137. The van der Waals surface area contributed by atoms with Crippen molar-refractivity contribution in [1.29, 1.82) is 0 Å². The van der Waals surface area contributed by atoms with E-state index in [0.717, 1.165) is 10.9 Å². The van der Waals surface area contributed by atoms with Gasteiger partial charge in [0, 0.05) is 11.9 Å². The van der Waals surface area contributed by atoms with Gasteiger partial charge in [-0.1, -0.05) is 0 Å². The summed E-state index contributed by atoms with van der Waals surface area (Å²) in [5.41, 5.74) is 6.02. The summed E-state index contributed by atoms with van der Waals surface area (Å²) in [6.07, 6.45) is -2.93. The van der Waals surface area contributed by atoms with E-state index in [9.17, 15) is 18.0 Å². The standard InChI is InChI=1S/C13H12F3N3O2/c1-7-3-9(4-10(11(7)17)12(20)21-2)19-6-8(5-18-19)13(14,15)16/h3-6H,17H2,1-2H3. The Kier molecular flexibility index (Phi) is 3.63. The smallest absolute Gasteiger partial charge is 0.419 e. The van der Waals surface area contributed by atoms with Crippen LogP contribution < -0.4 is 5.73 Å². The van der Waals surface area contributed by atoms with Crippen molar-refractivity contribution in [3.63, 3.8) is 0 Å². The number of aromatic nitrogens is 2. The van der Waals surface area contributed by atoms with E-state index in [0.29, 0.717) is 11.8 Å². The maximum atomic E-state index is 12.6. The number of nitrogens with two attached hydrogens (primary N) is 1. The number of hydrogen-bond acceptors (Lipinski definition) is 4. The molecule has 0 aliphatic carbocycles. The Morgan fingerprint density at radius 2 is 2.05 bits per heavy atom. The fourth-order valence-corrected chi connectivity index (χ4v) is 1.80. The molecule has 0 saturated carbocycles. The van der Waals surface area contributed by atoms with E-state index in [4.69, 9.17) is 5.73 Å². The van der Waals surface area contributed by atoms with Crippen LogP contribution in [-0.2, 0) is 10.9 Å². The van der Waals surface area contributed by atoms with Crippen LogP contribution in [0, 0.1) is 6.92 Å². The maximum absolute atomic E-state index is 12.6. The lowest BCUT2D eigenvalue weighted by Crippen LogP contribution is -2.09. The minimum Gasteiger partial charge on any atom is -0.465 e. The van der Waals surface area contributed by atoms with Gasteiger partial charge in [-0.15, -0.1) is 0 Å². The minimum absolute atomic E-state index is 0.0801. The second-order valence-electron chi connectivity index (χ2n) is 4.39. The van der Waals surface area contributed by atoms with E-state index in [2.05, 4.69) is 9.84 Å². The van der Waals surface area contributed by atoms with Crippen molar-refractivity contribution in [2.24, 2.45) is 0 Å². The van der Waals surface area contributed by atoms with Gasteiger partial charge in [0.1, 0.15) is 0 Å². The highest BCUT2D eigenvalue weighted by molar-refractivity contribution is 5.96. The van der Waals surface area contributed by atoms with Crippen molar-refractivity contribution in [2.45, 2.75) is 13.1 Å². The number of rotatable bonds is 2. The van der Waals surface area contributed by atoms with Crippen LogP contribution in [0.1, 0.15) is 21.5 Å². The number of carbonyl (C=O) groups excluding carboxylic acids is 1. The predicted octanol–water partition coefficient (Wildman–Crippen LogP) is 2.57. The summed E-state index contributed by atoms with van der Waals surface area (Å²) in [6.45, 7) is 1.64. The first-order chi connectivity index (χ1) is 9.74. The summed E-state index contributed by atoms with van der Waals surface area (Å²) in [6, 6.07) is 2.87. The molecule has 0 radical (unpaired) electrons. The van der Waals surface area contributed by atoms with Gasteiger partial charge in [-0.05, 0) is 24.6 Å². The number of alkyl halides is 3. The highest BCUT2D eigenvalue weighted by Gasteiger charge is 2.32. The topological polar surface area (TPSA) is 70.1 Å². The molecule has 112 valence electrons. The van der Waals surface area contributed by atoms with Crippen LogP contribution in [0.3, 0.4) is 0 Å². The Labute approximate surface area is 118 Å². The van der Waals surface area contributed by atoms with E-state index in [-0.39, 0.29) is 16.9 Å². The van der Waals surface area contributed by atoms with Gasteiger partial charge in [0.2, 0.25) is 0 Å².